The molecule has 1 heterocycles. The molecular weight excluding hydrogens is 298 g/mol. The minimum absolute atomic E-state index is 0.219. The van der Waals surface area contributed by atoms with E-state index in [1.807, 2.05) is 24.5 Å². The molecule has 4 nitrogen and oxygen atoms in total. The maximum Gasteiger partial charge on any atom is 0.119 e. The van der Waals surface area contributed by atoms with Gasteiger partial charge in [0.25, 0.3) is 0 Å². The number of hydrogen-bond acceptors (Lipinski definition) is 4. The van der Waals surface area contributed by atoms with Crippen LogP contribution in [-0.2, 0) is 6.42 Å². The van der Waals surface area contributed by atoms with Gasteiger partial charge in [-0.2, -0.15) is 0 Å². The summed E-state index contributed by atoms with van der Waals surface area (Å²) in [5.74, 6) is 0.933. The van der Waals surface area contributed by atoms with Gasteiger partial charge in [0.05, 0.1) is 6.61 Å². The second-order valence-corrected chi connectivity index (χ2v) is 6.11. The first-order chi connectivity index (χ1) is 11.7. The van der Waals surface area contributed by atoms with Crippen LogP contribution in [0.1, 0.15) is 36.9 Å². The summed E-state index contributed by atoms with van der Waals surface area (Å²) in [4.78, 5) is 6.37. The fourth-order valence-corrected chi connectivity index (χ4v) is 2.70. The van der Waals surface area contributed by atoms with Crippen LogP contribution in [0.3, 0.4) is 0 Å². The third-order valence-corrected chi connectivity index (χ3v) is 4.29. The first kappa shape index (κ1) is 18.4. The van der Waals surface area contributed by atoms with Crippen LogP contribution in [0, 0.1) is 0 Å². The second-order valence-electron chi connectivity index (χ2n) is 6.11. The van der Waals surface area contributed by atoms with Crippen LogP contribution in [0.15, 0.2) is 48.8 Å². The minimum Gasteiger partial charge on any atom is -0.494 e. The van der Waals surface area contributed by atoms with E-state index in [0.29, 0.717) is 6.54 Å². The summed E-state index contributed by atoms with van der Waals surface area (Å²) in [6, 6.07) is 12.7. The summed E-state index contributed by atoms with van der Waals surface area (Å²) in [6.07, 6.45) is 6.91. The molecule has 1 aromatic carbocycles. The zero-order valence-electron chi connectivity index (χ0n) is 14.8. The van der Waals surface area contributed by atoms with Crippen LogP contribution in [0.4, 0.5) is 0 Å². The molecule has 4 heteroatoms. The van der Waals surface area contributed by atoms with Gasteiger partial charge in [-0.3, -0.25) is 9.88 Å². The lowest BCUT2D eigenvalue weighted by Gasteiger charge is -2.27. The Bertz CT molecular complexity index is 571. The molecule has 1 unspecified atom stereocenters. The quantitative estimate of drug-likeness (QED) is 0.679. The van der Waals surface area contributed by atoms with Crippen LogP contribution < -0.4 is 10.5 Å². The Kier molecular flexibility index (Phi) is 7.72. The number of unbranched alkanes of at least 4 members (excludes halogenated alkanes) is 1. The lowest BCUT2D eigenvalue weighted by molar-refractivity contribution is 0.253. The van der Waals surface area contributed by atoms with Crippen LogP contribution in [-0.4, -0.2) is 36.6 Å². The monoisotopic (exact) mass is 327 g/mol. The van der Waals surface area contributed by atoms with Crippen molar-refractivity contribution >= 4 is 0 Å². The second kappa shape index (κ2) is 10.1. The number of ether oxygens (including phenoxy) is 1. The van der Waals surface area contributed by atoms with Gasteiger partial charge < -0.3 is 10.5 Å². The zero-order valence-corrected chi connectivity index (χ0v) is 14.8. The van der Waals surface area contributed by atoms with Crippen LogP contribution >= 0.6 is 0 Å². The average molecular weight is 327 g/mol. The number of benzene rings is 1. The molecule has 130 valence electrons. The van der Waals surface area contributed by atoms with Crippen molar-refractivity contribution in [2.24, 2.45) is 5.73 Å². The first-order valence-corrected chi connectivity index (χ1v) is 8.76. The smallest absolute Gasteiger partial charge is 0.119 e. The average Bonchev–Trinajstić information content (AvgIpc) is 2.63. The highest BCUT2D eigenvalue weighted by molar-refractivity contribution is 5.29. The van der Waals surface area contributed by atoms with E-state index in [-0.39, 0.29) is 6.04 Å². The number of hydrogen-bond donors (Lipinski definition) is 1. The number of nitrogens with two attached hydrogens (primary N) is 1. The molecule has 0 aliphatic heterocycles. The summed E-state index contributed by atoms with van der Waals surface area (Å²) < 4.78 is 5.73. The minimum atomic E-state index is 0.219. The van der Waals surface area contributed by atoms with Crippen molar-refractivity contribution in [2.75, 3.05) is 26.7 Å². The lowest BCUT2D eigenvalue weighted by atomic mass is 10.0. The molecule has 0 aliphatic rings. The highest BCUT2D eigenvalue weighted by Crippen LogP contribution is 2.22. The van der Waals surface area contributed by atoms with Gasteiger partial charge in [0.1, 0.15) is 5.75 Å². The summed E-state index contributed by atoms with van der Waals surface area (Å²) in [6.45, 7) is 4.51. The van der Waals surface area contributed by atoms with Crippen molar-refractivity contribution in [3.8, 4) is 5.75 Å². The van der Waals surface area contributed by atoms with Crippen molar-refractivity contribution in [2.45, 2.75) is 32.2 Å². The highest BCUT2D eigenvalue weighted by Gasteiger charge is 2.15. The molecule has 24 heavy (non-hydrogen) atoms. The Morgan fingerprint density at radius 3 is 2.46 bits per heavy atom. The number of pyridine rings is 1. The normalized spacial score (nSPS) is 12.3. The van der Waals surface area contributed by atoms with Gasteiger partial charge in [-0.25, -0.2) is 0 Å². The molecule has 2 aromatic rings. The first-order valence-electron chi connectivity index (χ1n) is 8.76. The Labute approximate surface area is 145 Å². The molecule has 0 radical (unpaired) electrons. The van der Waals surface area contributed by atoms with Crippen molar-refractivity contribution in [1.29, 1.82) is 0 Å². The van der Waals surface area contributed by atoms with E-state index in [1.165, 1.54) is 11.1 Å². The number of likely N-dealkylation sites (N-methyl/N-ethyl adjacent to an activating group) is 1. The van der Waals surface area contributed by atoms with Gasteiger partial charge in [-0.1, -0.05) is 25.5 Å². The molecule has 0 saturated heterocycles. The molecule has 0 saturated carbocycles. The summed E-state index contributed by atoms with van der Waals surface area (Å²) in [7, 11) is 2.13. The molecule has 1 atom stereocenters. The molecule has 2 N–H and O–H groups in total. The van der Waals surface area contributed by atoms with Gasteiger partial charge in [0.2, 0.25) is 0 Å². The Hall–Kier alpha value is -1.91. The van der Waals surface area contributed by atoms with Gasteiger partial charge in [-0.05, 0) is 55.3 Å². The maximum atomic E-state index is 6.03. The van der Waals surface area contributed by atoms with E-state index in [1.54, 1.807) is 0 Å². The summed E-state index contributed by atoms with van der Waals surface area (Å²) in [5, 5.41) is 0. The fourth-order valence-electron chi connectivity index (χ4n) is 2.70. The van der Waals surface area contributed by atoms with Crippen molar-refractivity contribution < 1.29 is 4.74 Å². The molecule has 0 spiro atoms. The largest absolute Gasteiger partial charge is 0.494 e. The summed E-state index contributed by atoms with van der Waals surface area (Å²) in [5.41, 5.74) is 8.56. The Morgan fingerprint density at radius 1 is 1.12 bits per heavy atom. The molecule has 0 fully saturated rings. The van der Waals surface area contributed by atoms with Crippen molar-refractivity contribution in [3.05, 3.63) is 59.9 Å². The standard InChI is InChI=1S/C20H29N3O/c1-3-4-15-24-19-7-5-18(6-8-19)20(16-21)23(2)14-11-17-9-12-22-13-10-17/h5-10,12-13,20H,3-4,11,14-16,21H2,1-2H3. The Morgan fingerprint density at radius 2 is 1.83 bits per heavy atom. The molecular formula is C20H29N3O. The van der Waals surface area contributed by atoms with Gasteiger partial charge >= 0.3 is 0 Å². The van der Waals surface area contributed by atoms with Crippen LogP contribution in [0.5, 0.6) is 5.75 Å². The number of aromatic nitrogens is 1. The van der Waals surface area contributed by atoms with E-state index in [2.05, 4.69) is 48.1 Å². The highest BCUT2D eigenvalue weighted by atomic mass is 16.5. The zero-order chi connectivity index (χ0) is 17.2. The predicted octanol–water partition coefficient (Wildman–Crippen LogP) is 3.43. The molecule has 1 aromatic heterocycles. The topological polar surface area (TPSA) is 51.4 Å². The summed E-state index contributed by atoms with van der Waals surface area (Å²) >= 11 is 0. The van der Waals surface area contributed by atoms with Gasteiger partial charge in [-0.15, -0.1) is 0 Å². The van der Waals surface area contributed by atoms with Crippen LogP contribution in [0.2, 0.25) is 0 Å². The van der Waals surface area contributed by atoms with Crippen molar-refractivity contribution in [1.82, 2.24) is 9.88 Å². The number of rotatable bonds is 10. The van der Waals surface area contributed by atoms with E-state index in [9.17, 15) is 0 Å². The SMILES string of the molecule is CCCCOc1ccc(C(CN)N(C)CCc2ccncc2)cc1. The van der Waals surface area contributed by atoms with E-state index in [4.69, 9.17) is 10.5 Å². The van der Waals surface area contributed by atoms with Gasteiger partial charge in [0, 0.05) is 31.5 Å². The predicted molar refractivity (Wildman–Crippen MR) is 99.2 cm³/mol. The third kappa shape index (κ3) is 5.62. The number of nitrogens with zero attached hydrogens (tertiary/aromatic N) is 2. The molecule has 2 rings (SSSR count). The van der Waals surface area contributed by atoms with Crippen molar-refractivity contribution in [3.63, 3.8) is 0 Å². The lowest BCUT2D eigenvalue weighted by Crippen LogP contribution is -2.32. The Balaban J connectivity index is 1.91. The molecule has 0 bridgehead atoms. The molecule has 0 amide bonds. The van der Waals surface area contributed by atoms with E-state index in [0.717, 1.165) is 38.2 Å². The van der Waals surface area contributed by atoms with E-state index < -0.39 is 0 Å². The fraction of sp³-hybridized carbons (Fsp3) is 0.450. The van der Waals surface area contributed by atoms with Crippen LogP contribution in [0.25, 0.3) is 0 Å². The van der Waals surface area contributed by atoms with E-state index >= 15 is 0 Å². The maximum absolute atomic E-state index is 6.03. The third-order valence-electron chi connectivity index (χ3n) is 4.29. The van der Waals surface area contributed by atoms with Gasteiger partial charge in [0.15, 0.2) is 0 Å². The molecule has 0 aliphatic carbocycles.